The third kappa shape index (κ3) is 1.94. The maximum atomic E-state index is 10.8. The average molecular weight is 262 g/mol. The maximum absolute atomic E-state index is 10.8. The largest absolute Gasteiger partial charge is 0.308 e. The molecule has 0 saturated heterocycles. The number of nitro groups is 1. The number of hydrogen-bond acceptors (Lipinski definition) is 3. The molecule has 0 N–H and O–H groups in total. The number of hydrogen-bond donors (Lipinski definition) is 0. The third-order valence-electron chi connectivity index (χ3n) is 2.58. The highest BCUT2D eigenvalue weighted by molar-refractivity contribution is 6.32. The standard InChI is InChI=1S/C12H8ClN3O2/c1-8-5-12(16(17)18)10(13)6-11(8)15-4-2-3-9(15)7-14/h2-6H,1H3. The third-order valence-corrected chi connectivity index (χ3v) is 2.89. The topological polar surface area (TPSA) is 71.9 Å². The van der Waals surface area contributed by atoms with Crippen molar-refractivity contribution in [1.29, 1.82) is 5.26 Å². The van der Waals surface area contributed by atoms with E-state index < -0.39 is 4.92 Å². The molecule has 18 heavy (non-hydrogen) atoms. The number of benzene rings is 1. The molecule has 0 amide bonds. The Morgan fingerprint density at radius 3 is 2.83 bits per heavy atom. The Hall–Kier alpha value is -2.32. The second-order valence-corrected chi connectivity index (χ2v) is 4.13. The highest BCUT2D eigenvalue weighted by Crippen LogP contribution is 2.30. The average Bonchev–Trinajstić information content (AvgIpc) is 2.79. The van der Waals surface area contributed by atoms with E-state index >= 15 is 0 Å². The van der Waals surface area contributed by atoms with Gasteiger partial charge in [0.15, 0.2) is 0 Å². The zero-order valence-corrected chi connectivity index (χ0v) is 10.2. The van der Waals surface area contributed by atoms with Gasteiger partial charge in [0.25, 0.3) is 5.69 Å². The first-order chi connectivity index (χ1) is 8.54. The van der Waals surface area contributed by atoms with Gasteiger partial charge in [-0.15, -0.1) is 0 Å². The number of rotatable bonds is 2. The lowest BCUT2D eigenvalue weighted by Crippen LogP contribution is -2.00. The lowest BCUT2D eigenvalue weighted by molar-refractivity contribution is -0.384. The molecule has 0 saturated carbocycles. The molecule has 0 fully saturated rings. The van der Waals surface area contributed by atoms with Gasteiger partial charge in [0.2, 0.25) is 0 Å². The monoisotopic (exact) mass is 261 g/mol. The summed E-state index contributed by atoms with van der Waals surface area (Å²) in [4.78, 5) is 10.2. The second kappa shape index (κ2) is 4.51. The van der Waals surface area contributed by atoms with E-state index in [2.05, 4.69) is 0 Å². The summed E-state index contributed by atoms with van der Waals surface area (Å²) in [5.41, 5.74) is 1.65. The minimum atomic E-state index is -0.528. The quantitative estimate of drug-likeness (QED) is 0.615. The zero-order chi connectivity index (χ0) is 13.3. The van der Waals surface area contributed by atoms with Crippen molar-refractivity contribution >= 4 is 17.3 Å². The van der Waals surface area contributed by atoms with Crippen LogP contribution in [0.15, 0.2) is 30.5 Å². The molecule has 0 aliphatic rings. The van der Waals surface area contributed by atoms with Crippen molar-refractivity contribution in [3.8, 4) is 11.8 Å². The lowest BCUT2D eigenvalue weighted by Gasteiger charge is -2.09. The van der Waals surface area contributed by atoms with Crippen molar-refractivity contribution in [2.75, 3.05) is 0 Å². The minimum absolute atomic E-state index is 0.0539. The maximum Gasteiger partial charge on any atom is 0.288 e. The van der Waals surface area contributed by atoms with Gasteiger partial charge in [0.05, 0.1) is 10.6 Å². The highest BCUT2D eigenvalue weighted by atomic mass is 35.5. The molecule has 5 nitrogen and oxygen atoms in total. The van der Waals surface area contributed by atoms with E-state index in [1.165, 1.54) is 12.1 Å². The predicted molar refractivity (Wildman–Crippen MR) is 66.9 cm³/mol. The molecule has 0 aliphatic carbocycles. The molecule has 0 bridgehead atoms. The summed E-state index contributed by atoms with van der Waals surface area (Å²) in [7, 11) is 0. The fraction of sp³-hybridized carbons (Fsp3) is 0.0833. The van der Waals surface area contributed by atoms with Gasteiger partial charge in [0, 0.05) is 12.3 Å². The first-order valence-electron chi connectivity index (χ1n) is 5.07. The highest BCUT2D eigenvalue weighted by Gasteiger charge is 2.16. The van der Waals surface area contributed by atoms with Gasteiger partial charge in [-0.2, -0.15) is 5.26 Å². The van der Waals surface area contributed by atoms with E-state index in [1.54, 1.807) is 29.8 Å². The van der Waals surface area contributed by atoms with Gasteiger partial charge >= 0.3 is 0 Å². The molecule has 0 aliphatic heterocycles. The first-order valence-corrected chi connectivity index (χ1v) is 5.44. The number of aryl methyl sites for hydroxylation is 1. The molecule has 2 aromatic rings. The molecular formula is C12H8ClN3O2. The van der Waals surface area contributed by atoms with E-state index in [1.807, 2.05) is 6.07 Å². The summed E-state index contributed by atoms with van der Waals surface area (Å²) in [5.74, 6) is 0. The van der Waals surface area contributed by atoms with E-state index in [4.69, 9.17) is 16.9 Å². The number of nitro benzene ring substituents is 1. The zero-order valence-electron chi connectivity index (χ0n) is 9.42. The Morgan fingerprint density at radius 2 is 2.22 bits per heavy atom. The Morgan fingerprint density at radius 1 is 1.50 bits per heavy atom. The number of aromatic nitrogens is 1. The number of halogens is 1. The smallest absolute Gasteiger partial charge is 0.288 e. The summed E-state index contributed by atoms with van der Waals surface area (Å²) in [6.07, 6.45) is 1.71. The van der Waals surface area contributed by atoms with Gasteiger partial charge < -0.3 is 4.57 Å². The van der Waals surface area contributed by atoms with Gasteiger partial charge in [-0.25, -0.2) is 0 Å². The van der Waals surface area contributed by atoms with Crippen LogP contribution < -0.4 is 0 Å². The molecule has 0 spiro atoms. The van der Waals surface area contributed by atoms with Gasteiger partial charge in [0.1, 0.15) is 16.8 Å². The number of nitrogens with zero attached hydrogens (tertiary/aromatic N) is 3. The lowest BCUT2D eigenvalue weighted by atomic mass is 10.1. The van der Waals surface area contributed by atoms with Crippen LogP contribution in [-0.2, 0) is 0 Å². The van der Waals surface area contributed by atoms with Crippen LogP contribution in [0.4, 0.5) is 5.69 Å². The van der Waals surface area contributed by atoms with Crippen molar-refractivity contribution in [3.63, 3.8) is 0 Å². The number of nitriles is 1. The van der Waals surface area contributed by atoms with E-state index in [0.717, 1.165) is 0 Å². The molecule has 6 heteroatoms. The van der Waals surface area contributed by atoms with Crippen LogP contribution in [-0.4, -0.2) is 9.49 Å². The normalized spacial score (nSPS) is 10.1. The molecule has 1 heterocycles. The Balaban J connectivity index is 2.65. The van der Waals surface area contributed by atoms with Crippen molar-refractivity contribution in [3.05, 3.63) is 56.9 Å². The summed E-state index contributed by atoms with van der Waals surface area (Å²) in [5, 5.41) is 19.8. The van der Waals surface area contributed by atoms with E-state index in [9.17, 15) is 10.1 Å². The summed E-state index contributed by atoms with van der Waals surface area (Å²) in [6, 6.07) is 8.33. The molecule has 1 aromatic heterocycles. The molecule has 0 radical (unpaired) electrons. The van der Waals surface area contributed by atoms with Crippen molar-refractivity contribution in [2.45, 2.75) is 6.92 Å². The summed E-state index contributed by atoms with van der Waals surface area (Å²) >= 11 is 5.87. The van der Waals surface area contributed by atoms with E-state index in [-0.39, 0.29) is 10.7 Å². The van der Waals surface area contributed by atoms with Crippen LogP contribution in [0.5, 0.6) is 0 Å². The van der Waals surface area contributed by atoms with Crippen molar-refractivity contribution in [2.24, 2.45) is 0 Å². The van der Waals surface area contributed by atoms with E-state index in [0.29, 0.717) is 16.9 Å². The van der Waals surface area contributed by atoms with Crippen molar-refractivity contribution in [1.82, 2.24) is 4.57 Å². The van der Waals surface area contributed by atoms with Crippen LogP contribution in [0.3, 0.4) is 0 Å². The molecule has 0 atom stereocenters. The van der Waals surface area contributed by atoms with Crippen LogP contribution in [0, 0.1) is 28.4 Å². The van der Waals surface area contributed by atoms with Crippen molar-refractivity contribution < 1.29 is 4.92 Å². The summed E-state index contributed by atoms with van der Waals surface area (Å²) < 4.78 is 1.64. The Bertz CT molecular complexity index is 670. The van der Waals surface area contributed by atoms with Crippen LogP contribution in [0.1, 0.15) is 11.3 Å². The summed E-state index contributed by atoms with van der Waals surface area (Å²) in [6.45, 7) is 1.74. The van der Waals surface area contributed by atoms with Gasteiger partial charge in [-0.1, -0.05) is 11.6 Å². The molecule has 90 valence electrons. The Kier molecular flexibility index (Phi) is 3.04. The van der Waals surface area contributed by atoms with Crippen LogP contribution >= 0.6 is 11.6 Å². The first kappa shape index (κ1) is 12.1. The second-order valence-electron chi connectivity index (χ2n) is 3.72. The minimum Gasteiger partial charge on any atom is -0.308 e. The molecule has 2 rings (SSSR count). The predicted octanol–water partition coefficient (Wildman–Crippen LogP) is 3.22. The fourth-order valence-electron chi connectivity index (χ4n) is 1.74. The fourth-order valence-corrected chi connectivity index (χ4v) is 1.96. The van der Waals surface area contributed by atoms with Crippen LogP contribution in [0.25, 0.3) is 5.69 Å². The van der Waals surface area contributed by atoms with Gasteiger partial charge in [-0.05, 0) is 30.7 Å². The SMILES string of the molecule is Cc1cc([N+](=O)[O-])c(Cl)cc1-n1cccc1C#N. The van der Waals surface area contributed by atoms with Gasteiger partial charge in [-0.3, -0.25) is 10.1 Å². The molecule has 1 aromatic carbocycles. The molecular weight excluding hydrogens is 254 g/mol. The molecule has 0 unspecified atom stereocenters. The van der Waals surface area contributed by atoms with Crippen LogP contribution in [0.2, 0.25) is 5.02 Å². The Labute approximate surface area is 108 Å².